The Bertz CT molecular complexity index is 813. The fraction of sp³-hybridized carbons (Fsp3) is 0.500. The molecule has 27 heavy (non-hydrogen) atoms. The molecular formula is C20H26N2O3S2. The zero-order chi connectivity index (χ0) is 19.5. The van der Waals surface area contributed by atoms with Gasteiger partial charge in [-0.05, 0) is 36.1 Å². The zero-order valence-corrected chi connectivity index (χ0v) is 17.3. The van der Waals surface area contributed by atoms with Crippen molar-refractivity contribution in [2.75, 3.05) is 5.75 Å². The van der Waals surface area contributed by atoms with Crippen LogP contribution in [0.15, 0.2) is 51.6 Å². The number of nitrogens with zero attached hydrogens (tertiary/aromatic N) is 2. The van der Waals surface area contributed by atoms with Gasteiger partial charge in [0.15, 0.2) is 0 Å². The van der Waals surface area contributed by atoms with Crippen LogP contribution < -0.4 is 0 Å². The van der Waals surface area contributed by atoms with Crippen molar-refractivity contribution in [1.82, 2.24) is 0 Å². The van der Waals surface area contributed by atoms with Crippen LogP contribution in [0.25, 0.3) is 0 Å². The summed E-state index contributed by atoms with van der Waals surface area (Å²) >= 11 is 1.38. The van der Waals surface area contributed by atoms with Gasteiger partial charge in [0.1, 0.15) is 5.04 Å². The molecular weight excluding hydrogens is 380 g/mol. The average Bonchev–Trinajstić information content (AvgIpc) is 3.13. The van der Waals surface area contributed by atoms with E-state index in [1.165, 1.54) is 24.6 Å². The van der Waals surface area contributed by atoms with Crippen LogP contribution in [0.5, 0.6) is 0 Å². The predicted octanol–water partition coefficient (Wildman–Crippen LogP) is 5.36. The second-order valence-electron chi connectivity index (χ2n) is 6.52. The van der Waals surface area contributed by atoms with Crippen LogP contribution in [0.2, 0.25) is 0 Å². The molecule has 0 bridgehead atoms. The lowest BCUT2D eigenvalue weighted by atomic mass is 10.00. The Morgan fingerprint density at radius 1 is 1.19 bits per heavy atom. The van der Waals surface area contributed by atoms with Crippen LogP contribution in [0.1, 0.15) is 58.3 Å². The standard InChI is InChI=1S/C20H26N2O3S2/c1-2-3-4-5-6-7-15-27(23,24)25-22-20-12-11-19(26-20)18-10-8-9-17(16-18)13-14-21/h8-9,11-12,16H,2-7,10,13,15H2,1H3. The van der Waals surface area contributed by atoms with Gasteiger partial charge in [0.05, 0.1) is 18.2 Å². The van der Waals surface area contributed by atoms with E-state index in [9.17, 15) is 8.42 Å². The minimum atomic E-state index is -3.63. The molecule has 1 heterocycles. The van der Waals surface area contributed by atoms with Crippen molar-refractivity contribution < 1.29 is 12.7 Å². The van der Waals surface area contributed by atoms with E-state index in [0.717, 1.165) is 41.7 Å². The molecule has 0 aromatic rings. The summed E-state index contributed by atoms with van der Waals surface area (Å²) in [5.41, 5.74) is 2.08. The summed E-state index contributed by atoms with van der Waals surface area (Å²) in [6.45, 7) is 2.15. The van der Waals surface area contributed by atoms with Crippen LogP contribution in [-0.2, 0) is 14.4 Å². The summed E-state index contributed by atoms with van der Waals surface area (Å²) in [4.78, 5) is 1.01. The molecule has 0 radical (unpaired) electrons. The van der Waals surface area contributed by atoms with Crippen molar-refractivity contribution in [3.8, 4) is 6.07 Å². The molecule has 0 aromatic carbocycles. The van der Waals surface area contributed by atoms with Crippen LogP contribution in [-0.4, -0.2) is 19.2 Å². The molecule has 1 aliphatic heterocycles. The van der Waals surface area contributed by atoms with Gasteiger partial charge < -0.3 is 0 Å². The van der Waals surface area contributed by atoms with E-state index in [0.29, 0.717) is 17.9 Å². The molecule has 0 saturated heterocycles. The molecule has 1 aliphatic carbocycles. The van der Waals surface area contributed by atoms with Crippen molar-refractivity contribution in [2.24, 2.45) is 5.16 Å². The predicted molar refractivity (Wildman–Crippen MR) is 112 cm³/mol. The third-order valence-corrected chi connectivity index (χ3v) is 6.34. The van der Waals surface area contributed by atoms with Crippen molar-refractivity contribution in [3.63, 3.8) is 0 Å². The summed E-state index contributed by atoms with van der Waals surface area (Å²) in [6.07, 6.45) is 16.9. The number of oxime groups is 1. The second kappa shape index (κ2) is 11.2. The van der Waals surface area contributed by atoms with E-state index < -0.39 is 10.1 Å². The fourth-order valence-electron chi connectivity index (χ4n) is 2.78. The second-order valence-corrected chi connectivity index (χ2v) is 9.25. The molecule has 2 aliphatic rings. The molecule has 0 saturated carbocycles. The van der Waals surface area contributed by atoms with Crippen molar-refractivity contribution in [3.05, 3.63) is 46.4 Å². The maximum absolute atomic E-state index is 12.0. The van der Waals surface area contributed by atoms with Gasteiger partial charge in [0.2, 0.25) is 0 Å². The van der Waals surface area contributed by atoms with Crippen molar-refractivity contribution >= 4 is 26.9 Å². The number of rotatable bonds is 10. The first kappa shape index (κ1) is 21.5. The topological polar surface area (TPSA) is 79.5 Å². The maximum Gasteiger partial charge on any atom is 0.328 e. The van der Waals surface area contributed by atoms with E-state index in [2.05, 4.69) is 18.1 Å². The van der Waals surface area contributed by atoms with E-state index in [1.807, 2.05) is 24.3 Å². The van der Waals surface area contributed by atoms with Crippen molar-refractivity contribution in [2.45, 2.75) is 58.3 Å². The molecule has 0 amide bonds. The first-order valence-electron chi connectivity index (χ1n) is 9.36. The SMILES string of the molecule is CCCCCCCCS(=O)(=O)ON=C1C=CC(=C2C=C(CC#N)C=CC2)S1. The highest BCUT2D eigenvalue weighted by Crippen LogP contribution is 2.34. The van der Waals surface area contributed by atoms with Crippen LogP contribution in [0.3, 0.4) is 0 Å². The zero-order valence-electron chi connectivity index (χ0n) is 15.7. The third-order valence-electron chi connectivity index (χ3n) is 4.21. The van der Waals surface area contributed by atoms with Crippen molar-refractivity contribution in [1.29, 1.82) is 5.26 Å². The van der Waals surface area contributed by atoms with Gasteiger partial charge >= 0.3 is 10.1 Å². The third kappa shape index (κ3) is 7.77. The monoisotopic (exact) mass is 406 g/mol. The Labute approximate surface area is 166 Å². The van der Waals surface area contributed by atoms with E-state index in [1.54, 1.807) is 6.08 Å². The van der Waals surface area contributed by atoms with Gasteiger partial charge in [-0.25, -0.2) is 0 Å². The molecule has 0 fully saturated rings. The lowest BCUT2D eigenvalue weighted by molar-refractivity contribution is 0.339. The average molecular weight is 407 g/mol. The fourth-order valence-corrected chi connectivity index (χ4v) is 4.50. The molecule has 0 aromatic heterocycles. The Hall–Kier alpha value is -1.78. The number of hydrogen-bond donors (Lipinski definition) is 0. The molecule has 0 N–H and O–H groups in total. The summed E-state index contributed by atoms with van der Waals surface area (Å²) in [7, 11) is -3.63. The molecule has 2 rings (SSSR count). The summed E-state index contributed by atoms with van der Waals surface area (Å²) in [5.74, 6) is 0.00326. The molecule has 0 unspecified atom stereocenters. The highest BCUT2D eigenvalue weighted by molar-refractivity contribution is 8.18. The van der Waals surface area contributed by atoms with E-state index >= 15 is 0 Å². The van der Waals surface area contributed by atoms with Gasteiger partial charge in [-0.3, -0.25) is 4.28 Å². The van der Waals surface area contributed by atoms with Crippen LogP contribution >= 0.6 is 11.8 Å². The quantitative estimate of drug-likeness (QED) is 0.360. The number of nitriles is 1. The highest BCUT2D eigenvalue weighted by atomic mass is 32.2. The number of thioether (sulfide) groups is 1. The first-order valence-corrected chi connectivity index (χ1v) is 11.8. The van der Waals surface area contributed by atoms with Gasteiger partial charge in [0.25, 0.3) is 0 Å². The first-order chi connectivity index (χ1) is 13.0. The molecule has 0 spiro atoms. The minimum Gasteiger partial charge on any atom is -0.267 e. The smallest absolute Gasteiger partial charge is 0.267 e. The van der Waals surface area contributed by atoms with Gasteiger partial charge in [0, 0.05) is 4.91 Å². The number of hydrogen-bond acceptors (Lipinski definition) is 6. The highest BCUT2D eigenvalue weighted by Gasteiger charge is 2.16. The number of allylic oxidation sites excluding steroid dienone is 6. The summed E-state index contributed by atoms with van der Waals surface area (Å²) in [6, 6.07) is 2.15. The normalized spacial score (nSPS) is 20.7. The molecule has 146 valence electrons. The van der Waals surface area contributed by atoms with Crippen LogP contribution in [0, 0.1) is 11.3 Å². The lowest BCUT2D eigenvalue weighted by Crippen LogP contribution is -2.08. The Morgan fingerprint density at radius 2 is 1.96 bits per heavy atom. The molecule has 0 atom stereocenters. The Kier molecular flexibility index (Phi) is 8.89. The summed E-state index contributed by atoms with van der Waals surface area (Å²) < 4.78 is 28.7. The summed E-state index contributed by atoms with van der Waals surface area (Å²) in [5, 5.41) is 13.1. The van der Waals surface area contributed by atoms with Crippen LogP contribution in [0.4, 0.5) is 0 Å². The van der Waals surface area contributed by atoms with E-state index in [4.69, 9.17) is 9.55 Å². The van der Waals surface area contributed by atoms with Gasteiger partial charge in [-0.2, -0.15) is 13.7 Å². The lowest BCUT2D eigenvalue weighted by Gasteiger charge is -2.09. The van der Waals surface area contributed by atoms with E-state index in [-0.39, 0.29) is 5.75 Å². The Morgan fingerprint density at radius 3 is 2.74 bits per heavy atom. The van der Waals surface area contributed by atoms with Gasteiger partial charge in [-0.15, -0.1) is 0 Å². The largest absolute Gasteiger partial charge is 0.328 e. The molecule has 7 heteroatoms. The Balaban J connectivity index is 1.84. The molecule has 5 nitrogen and oxygen atoms in total. The maximum atomic E-state index is 12.0. The van der Waals surface area contributed by atoms with Gasteiger partial charge in [-0.1, -0.05) is 74.2 Å². The number of unbranched alkanes of at least 4 members (excludes halogenated alkanes) is 5. The minimum absolute atomic E-state index is 0.00326.